The second kappa shape index (κ2) is 6.06. The Labute approximate surface area is 114 Å². The van der Waals surface area contributed by atoms with E-state index in [9.17, 15) is 9.90 Å². The summed E-state index contributed by atoms with van der Waals surface area (Å²) in [6.45, 7) is 3.52. The van der Waals surface area contributed by atoms with Crippen LogP contribution in [0.15, 0.2) is 18.2 Å². The fourth-order valence-corrected chi connectivity index (χ4v) is 2.53. The minimum absolute atomic E-state index is 0.0245. The molecule has 19 heavy (non-hydrogen) atoms. The number of ether oxygens (including phenoxy) is 1. The number of hydrogen-bond donors (Lipinski definition) is 1. The van der Waals surface area contributed by atoms with Crippen LogP contribution in [0.3, 0.4) is 0 Å². The number of carbonyl (C=O) groups excluding carboxylic acids is 1. The number of amides is 1. The lowest BCUT2D eigenvalue weighted by Crippen LogP contribution is -2.40. The topological polar surface area (TPSA) is 49.8 Å². The summed E-state index contributed by atoms with van der Waals surface area (Å²) >= 11 is 0. The van der Waals surface area contributed by atoms with E-state index in [-0.39, 0.29) is 18.4 Å². The van der Waals surface area contributed by atoms with Crippen molar-refractivity contribution in [3.8, 4) is 5.75 Å². The predicted octanol–water partition coefficient (Wildman–Crippen LogP) is 1.85. The van der Waals surface area contributed by atoms with Gasteiger partial charge in [0.15, 0.2) is 0 Å². The lowest BCUT2D eigenvalue weighted by Gasteiger charge is -2.32. The third-order valence-corrected chi connectivity index (χ3v) is 3.72. The molecule has 0 spiro atoms. The summed E-state index contributed by atoms with van der Waals surface area (Å²) in [6.07, 6.45) is 1.96. The second-order valence-corrected chi connectivity index (χ2v) is 5.13. The van der Waals surface area contributed by atoms with Crippen LogP contribution in [0.5, 0.6) is 5.75 Å². The molecule has 1 unspecified atom stereocenters. The molecule has 0 aliphatic carbocycles. The minimum Gasteiger partial charge on any atom is -0.496 e. The van der Waals surface area contributed by atoms with Gasteiger partial charge < -0.3 is 14.7 Å². The monoisotopic (exact) mass is 263 g/mol. The number of aliphatic hydroxyl groups excluding tert-OH is 1. The highest BCUT2D eigenvalue weighted by atomic mass is 16.5. The Morgan fingerprint density at radius 3 is 3.00 bits per heavy atom. The summed E-state index contributed by atoms with van der Waals surface area (Å²) in [5, 5.41) is 9.22. The van der Waals surface area contributed by atoms with Gasteiger partial charge in [0.1, 0.15) is 5.75 Å². The number of piperidine rings is 1. The maximum absolute atomic E-state index is 12.4. The van der Waals surface area contributed by atoms with Crippen LogP contribution < -0.4 is 4.74 Å². The maximum Gasteiger partial charge on any atom is 0.253 e. The van der Waals surface area contributed by atoms with Crippen molar-refractivity contribution >= 4 is 5.91 Å². The predicted molar refractivity (Wildman–Crippen MR) is 73.4 cm³/mol. The number of likely N-dealkylation sites (tertiary alicyclic amines) is 1. The first-order valence-electron chi connectivity index (χ1n) is 6.70. The third-order valence-electron chi connectivity index (χ3n) is 3.72. The minimum atomic E-state index is 0.0245. The molecule has 1 amide bonds. The van der Waals surface area contributed by atoms with Crippen LogP contribution in [0.2, 0.25) is 0 Å². The average Bonchev–Trinajstić information content (AvgIpc) is 2.47. The molecule has 4 nitrogen and oxygen atoms in total. The lowest BCUT2D eigenvalue weighted by molar-refractivity contribution is 0.0620. The van der Waals surface area contributed by atoms with E-state index in [1.165, 1.54) is 0 Å². The van der Waals surface area contributed by atoms with E-state index in [1.54, 1.807) is 13.2 Å². The molecule has 104 valence electrons. The molecule has 0 radical (unpaired) electrons. The summed E-state index contributed by atoms with van der Waals surface area (Å²) in [4.78, 5) is 14.3. The molecule has 1 heterocycles. The number of hydrogen-bond acceptors (Lipinski definition) is 3. The van der Waals surface area contributed by atoms with Gasteiger partial charge in [0, 0.05) is 25.3 Å². The van der Waals surface area contributed by atoms with Crippen molar-refractivity contribution in [2.24, 2.45) is 5.92 Å². The van der Waals surface area contributed by atoms with Gasteiger partial charge >= 0.3 is 0 Å². The smallest absolute Gasteiger partial charge is 0.253 e. The van der Waals surface area contributed by atoms with Crippen molar-refractivity contribution in [2.75, 3.05) is 26.8 Å². The first-order chi connectivity index (χ1) is 9.15. The molecule has 1 N–H and O–H groups in total. The molecule has 1 aliphatic rings. The van der Waals surface area contributed by atoms with Gasteiger partial charge in [-0.15, -0.1) is 0 Å². The van der Waals surface area contributed by atoms with Gasteiger partial charge in [0.2, 0.25) is 0 Å². The van der Waals surface area contributed by atoms with Gasteiger partial charge in [-0.1, -0.05) is 6.07 Å². The normalized spacial score (nSPS) is 19.3. The highest BCUT2D eigenvalue weighted by molar-refractivity contribution is 5.94. The summed E-state index contributed by atoms with van der Waals surface area (Å²) < 4.78 is 5.25. The molecule has 1 saturated heterocycles. The molecule has 0 saturated carbocycles. The number of rotatable bonds is 3. The van der Waals surface area contributed by atoms with Crippen LogP contribution >= 0.6 is 0 Å². The zero-order chi connectivity index (χ0) is 13.8. The van der Waals surface area contributed by atoms with E-state index in [1.807, 2.05) is 24.0 Å². The molecule has 1 atom stereocenters. The summed E-state index contributed by atoms with van der Waals surface area (Å²) in [5.74, 6) is 0.975. The van der Waals surface area contributed by atoms with Gasteiger partial charge in [-0.25, -0.2) is 0 Å². The highest BCUT2D eigenvalue weighted by Crippen LogP contribution is 2.22. The summed E-state index contributed by atoms with van der Waals surface area (Å²) in [5.41, 5.74) is 1.67. The van der Waals surface area contributed by atoms with E-state index in [0.717, 1.165) is 30.7 Å². The van der Waals surface area contributed by atoms with Crippen LogP contribution in [0.4, 0.5) is 0 Å². The van der Waals surface area contributed by atoms with Crippen molar-refractivity contribution in [3.05, 3.63) is 29.3 Å². The van der Waals surface area contributed by atoms with Gasteiger partial charge in [-0.2, -0.15) is 0 Å². The van der Waals surface area contributed by atoms with Crippen LogP contribution in [0.1, 0.15) is 28.8 Å². The molecule has 1 aromatic carbocycles. The van der Waals surface area contributed by atoms with Gasteiger partial charge in [-0.3, -0.25) is 4.79 Å². The van der Waals surface area contributed by atoms with Crippen molar-refractivity contribution < 1.29 is 14.6 Å². The second-order valence-electron chi connectivity index (χ2n) is 5.13. The van der Waals surface area contributed by atoms with Gasteiger partial charge in [0.05, 0.1) is 7.11 Å². The van der Waals surface area contributed by atoms with Crippen LogP contribution in [0.25, 0.3) is 0 Å². The SMILES string of the molecule is COc1cc(C(=O)N2CCCC(CO)C2)ccc1C. The Kier molecular flexibility index (Phi) is 4.43. The average molecular weight is 263 g/mol. The highest BCUT2D eigenvalue weighted by Gasteiger charge is 2.24. The molecule has 1 aliphatic heterocycles. The Balaban J connectivity index is 2.14. The Morgan fingerprint density at radius 1 is 1.53 bits per heavy atom. The zero-order valence-corrected chi connectivity index (χ0v) is 11.6. The number of nitrogens with zero attached hydrogens (tertiary/aromatic N) is 1. The number of methoxy groups -OCH3 is 1. The van der Waals surface area contributed by atoms with Crippen molar-refractivity contribution in [3.63, 3.8) is 0 Å². The molecule has 2 rings (SSSR count). The van der Waals surface area contributed by atoms with Crippen molar-refractivity contribution in [1.29, 1.82) is 0 Å². The van der Waals surface area contributed by atoms with E-state index >= 15 is 0 Å². The molecular formula is C15H21NO3. The number of carbonyl (C=O) groups is 1. The van der Waals surface area contributed by atoms with Crippen LogP contribution in [0, 0.1) is 12.8 Å². The Morgan fingerprint density at radius 2 is 2.32 bits per heavy atom. The van der Waals surface area contributed by atoms with Gasteiger partial charge in [-0.05, 0) is 43.4 Å². The summed E-state index contributed by atoms with van der Waals surface area (Å²) in [7, 11) is 1.61. The molecule has 4 heteroatoms. The number of benzene rings is 1. The Hall–Kier alpha value is -1.55. The molecular weight excluding hydrogens is 242 g/mol. The van der Waals surface area contributed by atoms with Crippen LogP contribution in [-0.4, -0.2) is 42.7 Å². The number of aliphatic hydroxyl groups is 1. The van der Waals surface area contributed by atoms with E-state index in [2.05, 4.69) is 0 Å². The fraction of sp³-hybridized carbons (Fsp3) is 0.533. The molecule has 0 bridgehead atoms. The third kappa shape index (κ3) is 3.07. The largest absolute Gasteiger partial charge is 0.496 e. The molecule has 1 aromatic rings. The quantitative estimate of drug-likeness (QED) is 0.905. The molecule has 1 fully saturated rings. The van der Waals surface area contributed by atoms with Crippen molar-refractivity contribution in [2.45, 2.75) is 19.8 Å². The van der Waals surface area contributed by atoms with Gasteiger partial charge in [0.25, 0.3) is 5.91 Å². The first kappa shape index (κ1) is 13.9. The zero-order valence-electron chi connectivity index (χ0n) is 11.6. The van der Waals surface area contributed by atoms with E-state index < -0.39 is 0 Å². The first-order valence-corrected chi connectivity index (χ1v) is 6.70. The lowest BCUT2D eigenvalue weighted by atomic mass is 9.98. The maximum atomic E-state index is 12.4. The van der Waals surface area contributed by atoms with Crippen LogP contribution in [-0.2, 0) is 0 Å². The Bertz CT molecular complexity index is 459. The van der Waals surface area contributed by atoms with Crippen molar-refractivity contribution in [1.82, 2.24) is 4.90 Å². The fourth-order valence-electron chi connectivity index (χ4n) is 2.53. The van der Waals surface area contributed by atoms with E-state index in [0.29, 0.717) is 12.1 Å². The van der Waals surface area contributed by atoms with E-state index in [4.69, 9.17) is 4.74 Å². The number of aryl methyl sites for hydroxylation is 1. The standard InChI is InChI=1S/C15H21NO3/c1-11-5-6-13(8-14(11)19-2)15(18)16-7-3-4-12(9-16)10-17/h5-6,8,12,17H,3-4,7,9-10H2,1-2H3. The summed E-state index contributed by atoms with van der Waals surface area (Å²) in [6, 6.07) is 5.53. The molecule has 0 aromatic heterocycles.